The number of benzene rings is 4. The predicted octanol–water partition coefficient (Wildman–Crippen LogP) is 6.92. The van der Waals surface area contributed by atoms with Crippen LogP contribution >= 0.6 is 0 Å². The molecule has 0 unspecified atom stereocenters. The maximum Gasteiger partial charge on any atom is 0.331 e. The highest BCUT2D eigenvalue weighted by molar-refractivity contribution is 5.63. The van der Waals surface area contributed by atoms with E-state index in [4.69, 9.17) is 14.2 Å². The first-order chi connectivity index (χ1) is 16.3. The predicted molar refractivity (Wildman–Crippen MR) is 125 cm³/mol. The Morgan fingerprint density at radius 1 is 0.333 bits per heavy atom. The minimum absolute atomic E-state index is 0.0642. The zero-order valence-corrected chi connectivity index (χ0v) is 17.5. The number of nitrogens with zero attached hydrogens (tertiary/aromatic N) is 3. The summed E-state index contributed by atoms with van der Waals surface area (Å²) in [4.78, 5) is 12.9. The standard InChI is InChI=1S/C27H19N3O3/c1-4-10-20(11-5-1)21-16-18-24(19-17-21)33-27-29-25(31-22-12-6-2-7-13-22)28-26(30-27)32-23-14-8-3-9-15-23/h1-19H. The summed E-state index contributed by atoms with van der Waals surface area (Å²) in [6.45, 7) is 0. The second-order valence-electron chi connectivity index (χ2n) is 7.01. The third-order valence-electron chi connectivity index (χ3n) is 4.65. The zero-order chi connectivity index (χ0) is 22.3. The fraction of sp³-hybridized carbons (Fsp3) is 0. The smallest absolute Gasteiger partial charge is 0.331 e. The molecule has 0 bridgehead atoms. The van der Waals surface area contributed by atoms with Crippen LogP contribution in [-0.4, -0.2) is 15.0 Å². The molecule has 0 atom stereocenters. The molecule has 5 rings (SSSR count). The highest BCUT2D eigenvalue weighted by Crippen LogP contribution is 2.28. The van der Waals surface area contributed by atoms with Gasteiger partial charge in [-0.05, 0) is 47.5 Å². The molecule has 5 aromatic rings. The topological polar surface area (TPSA) is 66.4 Å². The van der Waals surface area contributed by atoms with Crippen molar-refractivity contribution in [1.82, 2.24) is 15.0 Å². The van der Waals surface area contributed by atoms with Crippen LogP contribution in [0.25, 0.3) is 11.1 Å². The van der Waals surface area contributed by atoms with Crippen LogP contribution in [0.4, 0.5) is 0 Å². The van der Waals surface area contributed by atoms with E-state index in [1.807, 2.05) is 103 Å². The largest absolute Gasteiger partial charge is 0.424 e. The SMILES string of the molecule is c1ccc(Oc2nc(Oc3ccccc3)nc(Oc3ccc(-c4ccccc4)cc3)n2)cc1. The van der Waals surface area contributed by atoms with E-state index in [0.29, 0.717) is 17.2 Å². The van der Waals surface area contributed by atoms with E-state index in [-0.39, 0.29) is 18.0 Å². The highest BCUT2D eigenvalue weighted by atomic mass is 16.5. The molecule has 0 N–H and O–H groups in total. The molecule has 0 aliphatic carbocycles. The summed E-state index contributed by atoms with van der Waals surface area (Å²) in [6, 6.07) is 36.5. The molecule has 0 amide bonds. The van der Waals surface area contributed by atoms with E-state index in [9.17, 15) is 0 Å². The summed E-state index contributed by atoms with van der Waals surface area (Å²) in [7, 11) is 0. The van der Waals surface area contributed by atoms with E-state index >= 15 is 0 Å². The van der Waals surface area contributed by atoms with E-state index in [1.165, 1.54) is 0 Å². The lowest BCUT2D eigenvalue weighted by atomic mass is 10.1. The molecule has 0 aliphatic heterocycles. The molecule has 1 heterocycles. The van der Waals surface area contributed by atoms with E-state index in [0.717, 1.165) is 11.1 Å². The Labute approximate surface area is 191 Å². The van der Waals surface area contributed by atoms with Crippen LogP contribution in [0.15, 0.2) is 115 Å². The van der Waals surface area contributed by atoms with Crippen molar-refractivity contribution >= 4 is 0 Å². The molecule has 0 saturated carbocycles. The average Bonchev–Trinajstić information content (AvgIpc) is 2.86. The number of hydrogen-bond donors (Lipinski definition) is 0. The number of rotatable bonds is 7. The third kappa shape index (κ3) is 5.32. The summed E-state index contributed by atoms with van der Waals surface area (Å²) in [5, 5.41) is 0. The Kier molecular flexibility index (Phi) is 5.89. The highest BCUT2D eigenvalue weighted by Gasteiger charge is 2.13. The van der Waals surface area contributed by atoms with Gasteiger partial charge in [0.2, 0.25) is 0 Å². The molecule has 0 saturated heterocycles. The Hall–Kier alpha value is -4.71. The molecule has 0 aliphatic rings. The molecule has 33 heavy (non-hydrogen) atoms. The summed E-state index contributed by atoms with van der Waals surface area (Å²) in [6.07, 6.45) is 0. The number of aromatic nitrogens is 3. The Bertz CT molecular complexity index is 1250. The molecule has 1 aromatic heterocycles. The second-order valence-corrected chi connectivity index (χ2v) is 7.01. The van der Waals surface area contributed by atoms with Crippen LogP contribution < -0.4 is 14.2 Å². The molecule has 4 aromatic carbocycles. The molecule has 0 fully saturated rings. The molecule has 160 valence electrons. The first kappa shape index (κ1) is 20.2. The van der Waals surface area contributed by atoms with Crippen LogP contribution in [0.1, 0.15) is 0 Å². The summed E-state index contributed by atoms with van der Waals surface area (Å²) in [5.74, 6) is 1.76. The molecule has 0 radical (unpaired) electrons. The van der Waals surface area contributed by atoms with Crippen molar-refractivity contribution in [2.75, 3.05) is 0 Å². The lowest BCUT2D eigenvalue weighted by Crippen LogP contribution is -2.01. The third-order valence-corrected chi connectivity index (χ3v) is 4.65. The first-order valence-corrected chi connectivity index (χ1v) is 10.4. The van der Waals surface area contributed by atoms with Gasteiger partial charge in [-0.15, -0.1) is 15.0 Å². The first-order valence-electron chi connectivity index (χ1n) is 10.4. The maximum atomic E-state index is 5.90. The Balaban J connectivity index is 1.41. The van der Waals surface area contributed by atoms with Gasteiger partial charge >= 0.3 is 18.0 Å². The van der Waals surface area contributed by atoms with Crippen LogP contribution in [-0.2, 0) is 0 Å². The van der Waals surface area contributed by atoms with Gasteiger partial charge in [0, 0.05) is 0 Å². The van der Waals surface area contributed by atoms with Gasteiger partial charge in [0.25, 0.3) is 0 Å². The van der Waals surface area contributed by atoms with Crippen LogP contribution in [0.5, 0.6) is 35.3 Å². The fourth-order valence-corrected chi connectivity index (χ4v) is 3.10. The van der Waals surface area contributed by atoms with Crippen molar-refractivity contribution in [3.63, 3.8) is 0 Å². The molecule has 0 spiro atoms. The molecule has 6 heteroatoms. The van der Waals surface area contributed by atoms with Gasteiger partial charge < -0.3 is 14.2 Å². The van der Waals surface area contributed by atoms with Gasteiger partial charge in [-0.1, -0.05) is 78.9 Å². The maximum absolute atomic E-state index is 5.90. The van der Waals surface area contributed by atoms with E-state index in [1.54, 1.807) is 0 Å². The Morgan fingerprint density at radius 3 is 1.09 bits per heavy atom. The lowest BCUT2D eigenvalue weighted by Gasteiger charge is -2.10. The summed E-state index contributed by atoms with van der Waals surface area (Å²) < 4.78 is 17.5. The number of ether oxygens (including phenoxy) is 3. The monoisotopic (exact) mass is 433 g/mol. The zero-order valence-electron chi connectivity index (χ0n) is 17.5. The van der Waals surface area contributed by atoms with Crippen LogP contribution in [0, 0.1) is 0 Å². The lowest BCUT2D eigenvalue weighted by molar-refractivity contribution is 0.362. The van der Waals surface area contributed by atoms with Gasteiger partial charge in [0.1, 0.15) is 17.2 Å². The van der Waals surface area contributed by atoms with E-state index < -0.39 is 0 Å². The number of para-hydroxylation sites is 2. The number of hydrogen-bond acceptors (Lipinski definition) is 6. The molecular weight excluding hydrogens is 414 g/mol. The van der Waals surface area contributed by atoms with Gasteiger partial charge in [0.15, 0.2) is 0 Å². The minimum Gasteiger partial charge on any atom is -0.424 e. The van der Waals surface area contributed by atoms with E-state index in [2.05, 4.69) is 27.1 Å². The minimum atomic E-state index is 0.0642. The summed E-state index contributed by atoms with van der Waals surface area (Å²) >= 11 is 0. The normalized spacial score (nSPS) is 10.4. The van der Waals surface area contributed by atoms with Crippen molar-refractivity contribution in [3.05, 3.63) is 115 Å². The van der Waals surface area contributed by atoms with Crippen molar-refractivity contribution in [3.8, 4) is 46.4 Å². The molecular formula is C27H19N3O3. The average molecular weight is 433 g/mol. The van der Waals surface area contributed by atoms with Gasteiger partial charge in [-0.3, -0.25) is 0 Å². The Morgan fingerprint density at radius 2 is 0.667 bits per heavy atom. The van der Waals surface area contributed by atoms with Gasteiger partial charge in [0.05, 0.1) is 0 Å². The van der Waals surface area contributed by atoms with Gasteiger partial charge in [-0.2, -0.15) is 0 Å². The fourth-order valence-electron chi connectivity index (χ4n) is 3.10. The quantitative estimate of drug-likeness (QED) is 0.278. The second kappa shape index (κ2) is 9.62. The van der Waals surface area contributed by atoms with Crippen LogP contribution in [0.2, 0.25) is 0 Å². The van der Waals surface area contributed by atoms with Gasteiger partial charge in [-0.25, -0.2) is 0 Å². The van der Waals surface area contributed by atoms with Crippen molar-refractivity contribution in [2.24, 2.45) is 0 Å². The van der Waals surface area contributed by atoms with Crippen molar-refractivity contribution in [2.45, 2.75) is 0 Å². The summed E-state index contributed by atoms with van der Waals surface area (Å²) in [5.41, 5.74) is 2.21. The van der Waals surface area contributed by atoms with Crippen molar-refractivity contribution < 1.29 is 14.2 Å². The molecule has 6 nitrogen and oxygen atoms in total. The van der Waals surface area contributed by atoms with Crippen LogP contribution in [0.3, 0.4) is 0 Å². The van der Waals surface area contributed by atoms with Crippen molar-refractivity contribution in [1.29, 1.82) is 0 Å².